The Morgan fingerprint density at radius 1 is 0.971 bits per heavy atom. The number of benzene rings is 3. The Bertz CT molecular complexity index is 1460. The summed E-state index contributed by atoms with van der Waals surface area (Å²) in [4.78, 5) is 9.36. The Labute approximate surface area is 203 Å². The first kappa shape index (κ1) is 22.5. The number of hydrogen-bond donors (Lipinski definition) is 2. The molecule has 172 valence electrons. The minimum absolute atomic E-state index is 0.134. The molecule has 8 heteroatoms. The highest BCUT2D eigenvalue weighted by molar-refractivity contribution is 7.85. The summed E-state index contributed by atoms with van der Waals surface area (Å²) in [6.07, 6.45) is 2.88. The van der Waals surface area contributed by atoms with Crippen molar-refractivity contribution in [2.24, 2.45) is 0 Å². The second-order valence-corrected chi connectivity index (χ2v) is 10.3. The summed E-state index contributed by atoms with van der Waals surface area (Å²) in [6.45, 7) is 0. The van der Waals surface area contributed by atoms with Crippen LogP contribution in [0, 0.1) is 0 Å². The summed E-state index contributed by atoms with van der Waals surface area (Å²) in [5.41, 5.74) is 6.92. The molecule has 1 aliphatic rings. The fourth-order valence-corrected chi connectivity index (χ4v) is 5.12. The van der Waals surface area contributed by atoms with Gasteiger partial charge < -0.3 is 5.32 Å². The molecule has 3 aromatic carbocycles. The molecule has 0 bridgehead atoms. The summed E-state index contributed by atoms with van der Waals surface area (Å²) in [5.74, 6) is 0.313. The van der Waals surface area contributed by atoms with Crippen molar-refractivity contribution in [1.82, 2.24) is 9.97 Å². The average molecular weight is 492 g/mol. The molecular weight excluding hydrogens is 470 g/mol. The van der Waals surface area contributed by atoms with Gasteiger partial charge in [-0.15, -0.1) is 0 Å². The van der Waals surface area contributed by atoms with E-state index in [1.54, 1.807) is 0 Å². The Kier molecular flexibility index (Phi) is 6.08. The highest BCUT2D eigenvalue weighted by Gasteiger charge is 2.28. The van der Waals surface area contributed by atoms with E-state index in [4.69, 9.17) is 21.1 Å². The van der Waals surface area contributed by atoms with Gasteiger partial charge in [-0.3, -0.25) is 4.55 Å². The van der Waals surface area contributed by atoms with Gasteiger partial charge in [-0.25, -0.2) is 9.97 Å². The van der Waals surface area contributed by atoms with E-state index in [-0.39, 0.29) is 18.1 Å². The van der Waals surface area contributed by atoms with Crippen LogP contribution < -0.4 is 5.32 Å². The van der Waals surface area contributed by atoms with Crippen molar-refractivity contribution in [3.05, 3.63) is 106 Å². The molecule has 0 aliphatic heterocycles. The van der Waals surface area contributed by atoms with Crippen LogP contribution in [0.25, 0.3) is 11.3 Å². The van der Waals surface area contributed by atoms with E-state index < -0.39 is 10.1 Å². The average Bonchev–Trinajstić information content (AvgIpc) is 2.83. The van der Waals surface area contributed by atoms with Gasteiger partial charge >= 0.3 is 0 Å². The molecule has 0 unspecified atom stereocenters. The van der Waals surface area contributed by atoms with Gasteiger partial charge in [0.05, 0.1) is 11.4 Å². The van der Waals surface area contributed by atoms with Crippen LogP contribution in [0.4, 0.5) is 11.6 Å². The van der Waals surface area contributed by atoms with E-state index in [2.05, 4.69) is 28.5 Å². The molecule has 0 saturated carbocycles. The third kappa shape index (κ3) is 4.82. The molecule has 2 N–H and O–H groups in total. The topological polar surface area (TPSA) is 92.2 Å². The minimum atomic E-state index is -3.98. The first-order valence-corrected chi connectivity index (χ1v) is 12.9. The standard InChI is InChI=1S/C26H22ClN3O3S/c27-24-8-4-3-6-21(24)23-15-18-16-28-26(30-25(18)22-7-2-1-5-20(22)23)29-19-11-9-17(10-12-19)13-14-34(31,32)33/h1-12,16,23H,13-15H2,(H,28,29,30)(H,31,32,33)/t23-/m0/s1. The lowest BCUT2D eigenvalue weighted by atomic mass is 9.78. The van der Waals surface area contributed by atoms with Gasteiger partial charge in [0.1, 0.15) is 0 Å². The number of anilines is 2. The summed E-state index contributed by atoms with van der Waals surface area (Å²) in [6, 6.07) is 23.5. The van der Waals surface area contributed by atoms with Crippen LogP contribution in [0.2, 0.25) is 5.02 Å². The quantitative estimate of drug-likeness (QED) is 0.338. The molecule has 0 spiro atoms. The molecule has 4 aromatic rings. The number of nitrogens with zero attached hydrogens (tertiary/aromatic N) is 2. The SMILES string of the molecule is O=S(=O)(O)CCc1ccc(Nc2ncc3c(n2)-c2ccccc2[C@@H](c2ccccc2Cl)C3)cc1. The normalized spacial score (nSPS) is 14.8. The maximum Gasteiger partial charge on any atom is 0.265 e. The molecule has 1 aliphatic carbocycles. The summed E-state index contributed by atoms with van der Waals surface area (Å²) < 4.78 is 30.8. The monoisotopic (exact) mass is 491 g/mol. The Morgan fingerprint density at radius 3 is 2.41 bits per heavy atom. The molecular formula is C26H22ClN3O3S. The molecule has 0 amide bonds. The molecule has 1 aromatic heterocycles. The van der Waals surface area contributed by atoms with E-state index >= 15 is 0 Å². The van der Waals surface area contributed by atoms with Crippen molar-refractivity contribution in [3.63, 3.8) is 0 Å². The van der Waals surface area contributed by atoms with Gasteiger partial charge in [0.2, 0.25) is 5.95 Å². The van der Waals surface area contributed by atoms with Gasteiger partial charge in [0, 0.05) is 28.4 Å². The Balaban J connectivity index is 1.41. The van der Waals surface area contributed by atoms with Crippen LogP contribution in [0.5, 0.6) is 0 Å². The van der Waals surface area contributed by atoms with Crippen molar-refractivity contribution in [1.29, 1.82) is 0 Å². The number of hydrogen-bond acceptors (Lipinski definition) is 5. The van der Waals surface area contributed by atoms with Crippen LogP contribution in [0.1, 0.15) is 28.2 Å². The van der Waals surface area contributed by atoms with E-state index in [0.717, 1.165) is 45.1 Å². The Morgan fingerprint density at radius 2 is 1.68 bits per heavy atom. The van der Waals surface area contributed by atoms with Crippen LogP contribution in [-0.4, -0.2) is 28.7 Å². The number of fused-ring (bicyclic) bond motifs is 3. The number of halogens is 1. The number of aryl methyl sites for hydroxylation is 1. The zero-order valence-corrected chi connectivity index (χ0v) is 19.7. The molecule has 34 heavy (non-hydrogen) atoms. The van der Waals surface area contributed by atoms with Crippen molar-refractivity contribution >= 4 is 33.4 Å². The molecule has 0 radical (unpaired) electrons. The maximum atomic E-state index is 11.0. The third-order valence-electron chi connectivity index (χ3n) is 6.02. The highest BCUT2D eigenvalue weighted by Crippen LogP contribution is 2.43. The van der Waals surface area contributed by atoms with Gasteiger partial charge in [-0.2, -0.15) is 8.42 Å². The van der Waals surface area contributed by atoms with Crippen molar-refractivity contribution in [3.8, 4) is 11.3 Å². The van der Waals surface area contributed by atoms with Gasteiger partial charge in [0.25, 0.3) is 10.1 Å². The third-order valence-corrected chi connectivity index (χ3v) is 7.08. The molecule has 1 heterocycles. The molecule has 1 atom stereocenters. The summed E-state index contributed by atoms with van der Waals surface area (Å²) >= 11 is 6.54. The second-order valence-electron chi connectivity index (χ2n) is 8.29. The van der Waals surface area contributed by atoms with Crippen LogP contribution in [-0.2, 0) is 23.0 Å². The first-order chi connectivity index (χ1) is 16.4. The van der Waals surface area contributed by atoms with Crippen LogP contribution in [0.3, 0.4) is 0 Å². The van der Waals surface area contributed by atoms with Crippen molar-refractivity contribution in [2.45, 2.75) is 18.8 Å². The molecule has 0 saturated heterocycles. The van der Waals surface area contributed by atoms with Crippen molar-refractivity contribution in [2.75, 3.05) is 11.1 Å². The summed E-state index contributed by atoms with van der Waals surface area (Å²) in [5, 5.41) is 3.98. The van der Waals surface area contributed by atoms with Crippen molar-refractivity contribution < 1.29 is 13.0 Å². The molecule has 0 fully saturated rings. The fourth-order valence-electron chi connectivity index (χ4n) is 4.36. The van der Waals surface area contributed by atoms with Crippen LogP contribution in [0.15, 0.2) is 79.0 Å². The first-order valence-electron chi connectivity index (χ1n) is 10.9. The number of rotatable bonds is 6. The largest absolute Gasteiger partial charge is 0.324 e. The van der Waals surface area contributed by atoms with E-state index in [1.165, 1.54) is 5.56 Å². The highest BCUT2D eigenvalue weighted by atomic mass is 35.5. The maximum absolute atomic E-state index is 11.0. The van der Waals surface area contributed by atoms with Gasteiger partial charge in [0.15, 0.2) is 0 Å². The van der Waals surface area contributed by atoms with E-state index in [1.807, 2.05) is 60.8 Å². The van der Waals surface area contributed by atoms with Gasteiger partial charge in [-0.05, 0) is 53.3 Å². The zero-order chi connectivity index (χ0) is 23.7. The second kappa shape index (κ2) is 9.18. The van der Waals surface area contributed by atoms with E-state index in [0.29, 0.717) is 5.95 Å². The lowest BCUT2D eigenvalue weighted by Gasteiger charge is -2.28. The van der Waals surface area contributed by atoms with E-state index in [9.17, 15) is 8.42 Å². The van der Waals surface area contributed by atoms with Gasteiger partial charge in [-0.1, -0.05) is 66.2 Å². The molecule has 6 nitrogen and oxygen atoms in total. The predicted octanol–water partition coefficient (Wildman–Crippen LogP) is 5.66. The lowest BCUT2D eigenvalue weighted by Crippen LogP contribution is -2.15. The predicted molar refractivity (Wildman–Crippen MR) is 134 cm³/mol. The van der Waals surface area contributed by atoms with Crippen LogP contribution >= 0.6 is 11.6 Å². The number of aromatic nitrogens is 2. The Hall–Kier alpha value is -3.26. The minimum Gasteiger partial charge on any atom is -0.324 e. The smallest absolute Gasteiger partial charge is 0.265 e. The number of nitrogens with one attached hydrogen (secondary N) is 1. The summed E-state index contributed by atoms with van der Waals surface area (Å²) in [7, 11) is -3.98. The lowest BCUT2D eigenvalue weighted by molar-refractivity contribution is 0.482. The zero-order valence-electron chi connectivity index (χ0n) is 18.1. The molecule has 5 rings (SSSR count). The fraction of sp³-hybridized carbons (Fsp3) is 0.154.